The van der Waals surface area contributed by atoms with E-state index in [1.807, 2.05) is 11.8 Å². The lowest BCUT2D eigenvalue weighted by atomic mass is 10.1. The molecule has 2 rings (SSSR count). The molecule has 1 fully saturated rings. The average molecular weight is 262 g/mol. The van der Waals surface area contributed by atoms with Crippen LogP contribution in [0.2, 0.25) is 0 Å². The van der Waals surface area contributed by atoms with Crippen LogP contribution in [0.3, 0.4) is 0 Å². The number of benzene rings is 1. The minimum absolute atomic E-state index is 0.638. The minimum atomic E-state index is 0.638. The van der Waals surface area contributed by atoms with Crippen molar-refractivity contribution in [2.75, 3.05) is 12.3 Å². The quantitative estimate of drug-likeness (QED) is 0.822. The zero-order valence-electron chi connectivity index (χ0n) is 11.1. The molecule has 1 unspecified atom stereocenters. The summed E-state index contributed by atoms with van der Waals surface area (Å²) >= 11 is 1.87. The molecule has 0 spiro atoms. The third-order valence-electron chi connectivity index (χ3n) is 3.25. The van der Waals surface area contributed by atoms with E-state index in [0.717, 1.165) is 24.6 Å². The number of rotatable bonds is 5. The van der Waals surface area contributed by atoms with E-state index < -0.39 is 0 Å². The van der Waals surface area contributed by atoms with Crippen LogP contribution in [0.15, 0.2) is 35.3 Å². The molecule has 1 aromatic rings. The van der Waals surface area contributed by atoms with E-state index in [9.17, 15) is 0 Å². The summed E-state index contributed by atoms with van der Waals surface area (Å²) in [4.78, 5) is 4.66. The Balaban J connectivity index is 1.71. The van der Waals surface area contributed by atoms with Gasteiger partial charge in [-0.2, -0.15) is 0 Å². The first-order chi connectivity index (χ1) is 8.88. The molecule has 1 N–H and O–H groups in total. The first-order valence-corrected chi connectivity index (χ1v) is 7.84. The highest BCUT2D eigenvalue weighted by Gasteiger charge is 2.14. The van der Waals surface area contributed by atoms with Crippen LogP contribution in [0.25, 0.3) is 0 Å². The Kier molecular flexibility index (Phi) is 5.59. The maximum absolute atomic E-state index is 4.66. The van der Waals surface area contributed by atoms with Gasteiger partial charge in [-0.05, 0) is 31.2 Å². The van der Waals surface area contributed by atoms with Gasteiger partial charge in [0.2, 0.25) is 0 Å². The van der Waals surface area contributed by atoms with Gasteiger partial charge in [0, 0.05) is 18.3 Å². The van der Waals surface area contributed by atoms with Gasteiger partial charge in [0.25, 0.3) is 0 Å². The Hall–Kier alpha value is -0.960. The van der Waals surface area contributed by atoms with Gasteiger partial charge in [-0.3, -0.25) is 4.99 Å². The summed E-state index contributed by atoms with van der Waals surface area (Å²) in [6.45, 7) is 3.17. The Morgan fingerprint density at radius 3 is 2.94 bits per heavy atom. The SMILES string of the molecule is CCC1CCSC(=NCCCc2ccccc2)N1. The molecule has 0 bridgehead atoms. The third-order valence-corrected chi connectivity index (χ3v) is 4.21. The molecule has 2 nitrogen and oxygen atoms in total. The predicted octanol–water partition coefficient (Wildman–Crippen LogP) is 3.48. The minimum Gasteiger partial charge on any atom is -0.362 e. The highest BCUT2D eigenvalue weighted by Crippen LogP contribution is 2.15. The lowest BCUT2D eigenvalue weighted by Gasteiger charge is -2.24. The second-order valence-corrected chi connectivity index (χ2v) is 5.75. The van der Waals surface area contributed by atoms with Crippen molar-refractivity contribution in [3.63, 3.8) is 0 Å². The van der Waals surface area contributed by atoms with E-state index in [4.69, 9.17) is 0 Å². The topological polar surface area (TPSA) is 24.4 Å². The molecular weight excluding hydrogens is 240 g/mol. The summed E-state index contributed by atoms with van der Waals surface area (Å²) in [5, 5.41) is 4.67. The van der Waals surface area contributed by atoms with Crippen molar-refractivity contribution >= 4 is 16.9 Å². The van der Waals surface area contributed by atoms with Crippen LogP contribution in [0.1, 0.15) is 31.7 Å². The highest BCUT2D eigenvalue weighted by molar-refractivity contribution is 8.13. The Morgan fingerprint density at radius 2 is 2.17 bits per heavy atom. The number of amidine groups is 1. The molecule has 0 aromatic heterocycles. The molecule has 0 saturated carbocycles. The molecule has 3 heteroatoms. The molecule has 1 aromatic carbocycles. The lowest BCUT2D eigenvalue weighted by molar-refractivity contribution is 0.570. The van der Waals surface area contributed by atoms with Gasteiger partial charge >= 0.3 is 0 Å². The fraction of sp³-hybridized carbons (Fsp3) is 0.533. The third kappa shape index (κ3) is 4.37. The maximum atomic E-state index is 4.66. The van der Waals surface area contributed by atoms with Crippen LogP contribution in [-0.2, 0) is 6.42 Å². The first-order valence-electron chi connectivity index (χ1n) is 6.86. The van der Waals surface area contributed by atoms with Crippen LogP contribution in [0, 0.1) is 0 Å². The Bertz CT molecular complexity index is 375. The summed E-state index contributed by atoms with van der Waals surface area (Å²) in [7, 11) is 0. The van der Waals surface area contributed by atoms with Crippen molar-refractivity contribution in [1.29, 1.82) is 0 Å². The normalized spacial score (nSPS) is 21.8. The van der Waals surface area contributed by atoms with Crippen molar-refractivity contribution in [1.82, 2.24) is 5.32 Å². The molecule has 1 aliphatic rings. The average Bonchev–Trinajstić information content (AvgIpc) is 2.45. The van der Waals surface area contributed by atoms with Gasteiger partial charge < -0.3 is 5.32 Å². The molecule has 1 atom stereocenters. The fourth-order valence-electron chi connectivity index (χ4n) is 2.09. The summed E-state index contributed by atoms with van der Waals surface area (Å²) in [5.41, 5.74) is 1.41. The van der Waals surface area contributed by atoms with Gasteiger partial charge in [0.05, 0.1) is 0 Å². The van der Waals surface area contributed by atoms with E-state index in [0.29, 0.717) is 6.04 Å². The largest absolute Gasteiger partial charge is 0.362 e. The predicted molar refractivity (Wildman–Crippen MR) is 81.4 cm³/mol. The van der Waals surface area contributed by atoms with Crippen molar-refractivity contribution < 1.29 is 0 Å². The lowest BCUT2D eigenvalue weighted by Crippen LogP contribution is -2.37. The molecule has 18 heavy (non-hydrogen) atoms. The van der Waals surface area contributed by atoms with Crippen LogP contribution >= 0.6 is 11.8 Å². The van der Waals surface area contributed by atoms with Gasteiger partial charge in [-0.15, -0.1) is 0 Å². The number of hydrogen-bond donors (Lipinski definition) is 1. The highest BCUT2D eigenvalue weighted by atomic mass is 32.2. The molecule has 98 valence electrons. The summed E-state index contributed by atoms with van der Waals surface area (Å²) in [6.07, 6.45) is 4.72. The van der Waals surface area contributed by atoms with Crippen molar-refractivity contribution in [3.8, 4) is 0 Å². The van der Waals surface area contributed by atoms with Gasteiger partial charge in [-0.25, -0.2) is 0 Å². The molecular formula is C15H22N2S. The van der Waals surface area contributed by atoms with Gasteiger partial charge in [-0.1, -0.05) is 49.0 Å². The molecule has 1 heterocycles. The Morgan fingerprint density at radius 1 is 1.33 bits per heavy atom. The standard InChI is InChI=1S/C15H22N2S/c1-2-14-10-12-18-15(17-14)16-11-6-9-13-7-4-3-5-8-13/h3-5,7-8,14H,2,6,9-12H2,1H3,(H,16,17). The second-order valence-electron chi connectivity index (χ2n) is 4.66. The zero-order chi connectivity index (χ0) is 12.6. The zero-order valence-corrected chi connectivity index (χ0v) is 11.9. The van der Waals surface area contributed by atoms with E-state index in [-0.39, 0.29) is 0 Å². The van der Waals surface area contributed by atoms with Crippen LogP contribution in [-0.4, -0.2) is 23.5 Å². The molecule has 1 aliphatic heterocycles. The molecule has 0 amide bonds. The van der Waals surface area contributed by atoms with E-state index >= 15 is 0 Å². The number of aryl methyl sites for hydroxylation is 1. The maximum Gasteiger partial charge on any atom is 0.156 e. The van der Waals surface area contributed by atoms with Crippen LogP contribution in [0.5, 0.6) is 0 Å². The van der Waals surface area contributed by atoms with E-state index in [1.54, 1.807) is 0 Å². The monoisotopic (exact) mass is 262 g/mol. The number of thioether (sulfide) groups is 1. The first kappa shape index (κ1) is 13.5. The number of nitrogens with zero attached hydrogens (tertiary/aromatic N) is 1. The molecule has 1 saturated heterocycles. The number of aliphatic imine (C=N–C) groups is 1. The van der Waals surface area contributed by atoms with E-state index in [2.05, 4.69) is 47.6 Å². The van der Waals surface area contributed by atoms with Crippen molar-refractivity contribution in [3.05, 3.63) is 35.9 Å². The van der Waals surface area contributed by atoms with Crippen molar-refractivity contribution in [2.45, 2.75) is 38.6 Å². The smallest absolute Gasteiger partial charge is 0.156 e. The summed E-state index contributed by atoms with van der Waals surface area (Å²) < 4.78 is 0. The van der Waals surface area contributed by atoms with Crippen LogP contribution in [0.4, 0.5) is 0 Å². The van der Waals surface area contributed by atoms with Gasteiger partial charge in [0.15, 0.2) is 5.17 Å². The number of hydrogen-bond acceptors (Lipinski definition) is 2. The van der Waals surface area contributed by atoms with Crippen molar-refractivity contribution in [2.24, 2.45) is 4.99 Å². The van der Waals surface area contributed by atoms with Gasteiger partial charge in [0.1, 0.15) is 0 Å². The summed E-state index contributed by atoms with van der Waals surface area (Å²) in [5.74, 6) is 1.21. The number of nitrogens with one attached hydrogen (secondary N) is 1. The van der Waals surface area contributed by atoms with E-state index in [1.165, 1.54) is 24.2 Å². The Labute approximate surface area is 114 Å². The molecule has 0 radical (unpaired) electrons. The van der Waals surface area contributed by atoms with Crippen LogP contribution < -0.4 is 5.32 Å². The molecule has 0 aliphatic carbocycles. The summed E-state index contributed by atoms with van der Waals surface area (Å²) in [6, 6.07) is 11.3. The fourth-order valence-corrected chi connectivity index (χ4v) is 3.12. The second kappa shape index (κ2) is 7.47.